The van der Waals surface area contributed by atoms with Crippen LogP contribution in [0.2, 0.25) is 0 Å². The van der Waals surface area contributed by atoms with Crippen LogP contribution in [0.4, 0.5) is 0 Å². The molecular formula is C35H44N2O5S. The summed E-state index contributed by atoms with van der Waals surface area (Å²) in [6.45, 7) is 9.83. The Morgan fingerprint density at radius 3 is 1.95 bits per heavy atom. The van der Waals surface area contributed by atoms with Crippen molar-refractivity contribution in [2.45, 2.75) is 78.2 Å². The van der Waals surface area contributed by atoms with E-state index in [-0.39, 0.29) is 0 Å². The fourth-order valence-corrected chi connectivity index (χ4v) is 5.97. The Morgan fingerprint density at radius 1 is 0.907 bits per heavy atom. The summed E-state index contributed by atoms with van der Waals surface area (Å²) in [5, 5.41) is 13.7. The van der Waals surface area contributed by atoms with E-state index in [0.717, 1.165) is 40.7 Å². The molecule has 0 saturated heterocycles. The van der Waals surface area contributed by atoms with Gasteiger partial charge in [0.1, 0.15) is 0 Å². The molecule has 7 nitrogen and oxygen atoms in total. The smallest absolute Gasteiger partial charge is 0.314 e. The van der Waals surface area contributed by atoms with Crippen molar-refractivity contribution in [2.75, 3.05) is 6.26 Å². The van der Waals surface area contributed by atoms with E-state index < -0.39 is 27.4 Å². The lowest BCUT2D eigenvalue weighted by Gasteiger charge is -2.18. The largest absolute Gasteiger partial charge is 0.481 e. The van der Waals surface area contributed by atoms with Gasteiger partial charge in [-0.2, -0.15) is 0 Å². The molecule has 8 heteroatoms. The van der Waals surface area contributed by atoms with E-state index in [4.69, 9.17) is 4.52 Å². The Hall–Kier alpha value is -3.75. The molecule has 1 aliphatic rings. The average Bonchev–Trinajstić information content (AvgIpc) is 3.75. The number of hydrogen-bond donors (Lipinski definition) is 2. The lowest BCUT2D eigenvalue weighted by molar-refractivity contribution is -0.140. The van der Waals surface area contributed by atoms with Crippen LogP contribution >= 0.6 is 0 Å². The summed E-state index contributed by atoms with van der Waals surface area (Å²) in [6.07, 6.45) is 4.75. The standard InChI is InChI=1S/C31H32N2O5S.2C2H6/c1-21-28(27(33-39(2,36)37)10-6-9-22-7-4-3-5-8-22)29(38-32-21)25-13-11-23(12-14-25)24-15-17-26(18-16-24)31(19-20-31)30(34)35;2*1-2/h3-5,7-8,11-18,27,33H,6,9-10,19-20H2,1-2H3,(H,34,35);2*1-2H3. The van der Waals surface area contributed by atoms with Gasteiger partial charge < -0.3 is 9.63 Å². The number of sulfonamides is 1. The summed E-state index contributed by atoms with van der Waals surface area (Å²) in [7, 11) is -3.47. The molecule has 1 fully saturated rings. The number of nitrogens with zero attached hydrogens (tertiary/aromatic N) is 1. The highest BCUT2D eigenvalue weighted by molar-refractivity contribution is 7.88. The highest BCUT2D eigenvalue weighted by Crippen LogP contribution is 2.48. The molecule has 1 atom stereocenters. The van der Waals surface area contributed by atoms with Gasteiger partial charge in [-0.1, -0.05) is 112 Å². The van der Waals surface area contributed by atoms with Gasteiger partial charge >= 0.3 is 5.97 Å². The van der Waals surface area contributed by atoms with Crippen LogP contribution in [0.3, 0.4) is 0 Å². The second kappa shape index (κ2) is 15.1. The number of aliphatic carboxylic acids is 1. The number of aromatic nitrogens is 1. The zero-order chi connectivity index (χ0) is 31.6. The van der Waals surface area contributed by atoms with E-state index in [0.29, 0.717) is 30.7 Å². The maximum absolute atomic E-state index is 12.3. The van der Waals surface area contributed by atoms with Crippen molar-refractivity contribution in [1.29, 1.82) is 0 Å². The van der Waals surface area contributed by atoms with Crippen LogP contribution in [0, 0.1) is 6.92 Å². The minimum absolute atomic E-state index is 0.471. The van der Waals surface area contributed by atoms with Crippen LogP contribution in [-0.4, -0.2) is 30.9 Å². The van der Waals surface area contributed by atoms with Gasteiger partial charge in [0.25, 0.3) is 0 Å². The van der Waals surface area contributed by atoms with E-state index in [1.165, 1.54) is 11.8 Å². The van der Waals surface area contributed by atoms with Gasteiger partial charge in [0.05, 0.1) is 23.4 Å². The number of hydrogen-bond acceptors (Lipinski definition) is 5. The summed E-state index contributed by atoms with van der Waals surface area (Å²) in [4.78, 5) is 11.6. The predicted octanol–water partition coefficient (Wildman–Crippen LogP) is 8.10. The van der Waals surface area contributed by atoms with Crippen molar-refractivity contribution in [3.63, 3.8) is 0 Å². The fourth-order valence-electron chi connectivity index (χ4n) is 5.22. The molecule has 0 bridgehead atoms. The molecule has 1 heterocycles. The third-order valence-electron chi connectivity index (χ3n) is 7.49. The topological polar surface area (TPSA) is 110 Å². The molecule has 2 N–H and O–H groups in total. The molecule has 1 aromatic heterocycles. The summed E-state index contributed by atoms with van der Waals surface area (Å²) >= 11 is 0. The second-order valence-electron chi connectivity index (χ2n) is 10.4. The molecule has 1 unspecified atom stereocenters. The normalized spacial score (nSPS) is 14.0. The lowest BCUT2D eigenvalue weighted by Crippen LogP contribution is -2.28. The Labute approximate surface area is 256 Å². The third-order valence-corrected chi connectivity index (χ3v) is 8.20. The molecule has 4 aromatic rings. The van der Waals surface area contributed by atoms with Crippen molar-refractivity contribution in [3.8, 4) is 22.5 Å². The summed E-state index contributed by atoms with van der Waals surface area (Å²) in [6, 6.07) is 25.2. The SMILES string of the molecule is CC.CC.Cc1noc(-c2ccc(-c3ccc(C4(C(=O)O)CC4)cc3)cc2)c1C(CCCc1ccccc1)NS(C)(=O)=O. The molecule has 5 rings (SSSR count). The van der Waals surface area contributed by atoms with Crippen LogP contribution in [0.5, 0.6) is 0 Å². The zero-order valence-corrected chi connectivity index (χ0v) is 26.9. The third kappa shape index (κ3) is 8.42. The Kier molecular flexibility index (Phi) is 11.9. The molecular weight excluding hydrogens is 560 g/mol. The fraction of sp³-hybridized carbons (Fsp3) is 0.371. The Bertz CT molecular complexity index is 1560. The number of rotatable bonds is 11. The van der Waals surface area contributed by atoms with Crippen LogP contribution in [0.1, 0.15) is 81.8 Å². The van der Waals surface area contributed by atoms with Crippen LogP contribution < -0.4 is 4.72 Å². The minimum atomic E-state index is -3.47. The molecule has 0 radical (unpaired) electrons. The first-order chi connectivity index (χ1) is 20.7. The Balaban J connectivity index is 0.00000121. The number of benzene rings is 3. The van der Waals surface area contributed by atoms with Gasteiger partial charge in [-0.25, -0.2) is 13.1 Å². The first-order valence-corrected chi connectivity index (χ1v) is 17.0. The maximum Gasteiger partial charge on any atom is 0.314 e. The number of nitrogens with one attached hydrogen (secondary N) is 1. The highest BCUT2D eigenvalue weighted by atomic mass is 32.2. The van der Waals surface area contributed by atoms with E-state index in [2.05, 4.69) is 22.0 Å². The van der Waals surface area contributed by atoms with Crippen LogP contribution in [-0.2, 0) is 26.7 Å². The zero-order valence-electron chi connectivity index (χ0n) is 26.1. The van der Waals surface area contributed by atoms with Crippen molar-refractivity contribution < 1.29 is 22.8 Å². The number of carboxylic acids is 1. The number of carbonyl (C=O) groups is 1. The monoisotopic (exact) mass is 604 g/mol. The highest BCUT2D eigenvalue weighted by Gasteiger charge is 2.51. The van der Waals surface area contributed by atoms with Crippen molar-refractivity contribution in [1.82, 2.24) is 9.88 Å². The summed E-state index contributed by atoms with van der Waals surface area (Å²) < 4.78 is 33.0. The molecule has 0 aliphatic heterocycles. The summed E-state index contributed by atoms with van der Waals surface area (Å²) in [5.74, 6) is -0.214. The number of carboxylic acid groups (broad SMARTS) is 1. The summed E-state index contributed by atoms with van der Waals surface area (Å²) in [5.41, 5.74) is 5.49. The van der Waals surface area contributed by atoms with Gasteiger partial charge in [-0.15, -0.1) is 0 Å². The van der Waals surface area contributed by atoms with Crippen molar-refractivity contribution in [3.05, 3.63) is 101 Å². The molecule has 1 aliphatic carbocycles. The van der Waals surface area contributed by atoms with Gasteiger partial charge in [0.15, 0.2) is 5.76 Å². The van der Waals surface area contributed by atoms with E-state index in [9.17, 15) is 18.3 Å². The first-order valence-electron chi connectivity index (χ1n) is 15.1. The van der Waals surface area contributed by atoms with Crippen LogP contribution in [0.25, 0.3) is 22.5 Å². The van der Waals surface area contributed by atoms with Gasteiger partial charge in [0.2, 0.25) is 10.0 Å². The molecule has 3 aromatic carbocycles. The molecule has 1 saturated carbocycles. The van der Waals surface area contributed by atoms with Crippen LogP contribution in [0.15, 0.2) is 83.4 Å². The molecule has 0 amide bonds. The average molecular weight is 605 g/mol. The van der Waals surface area contributed by atoms with E-state index >= 15 is 0 Å². The van der Waals surface area contributed by atoms with Gasteiger partial charge in [-0.05, 0) is 61.3 Å². The van der Waals surface area contributed by atoms with Crippen molar-refractivity contribution in [2.24, 2.45) is 0 Å². The predicted molar refractivity (Wildman–Crippen MR) is 173 cm³/mol. The molecule has 0 spiro atoms. The van der Waals surface area contributed by atoms with Gasteiger partial charge in [0, 0.05) is 11.1 Å². The van der Waals surface area contributed by atoms with Crippen molar-refractivity contribution >= 4 is 16.0 Å². The van der Waals surface area contributed by atoms with E-state index in [1.54, 1.807) is 0 Å². The quantitative estimate of drug-likeness (QED) is 0.179. The number of aryl methyl sites for hydroxylation is 2. The molecule has 230 valence electrons. The first kappa shape index (κ1) is 33.7. The second-order valence-corrected chi connectivity index (χ2v) is 12.2. The Morgan fingerprint density at radius 2 is 1.44 bits per heavy atom. The van der Waals surface area contributed by atoms with Gasteiger partial charge in [-0.3, -0.25) is 4.79 Å². The minimum Gasteiger partial charge on any atom is -0.481 e. The van der Waals surface area contributed by atoms with E-state index in [1.807, 2.05) is 101 Å². The lowest BCUT2D eigenvalue weighted by atomic mass is 9.93. The maximum atomic E-state index is 12.3. The molecule has 43 heavy (non-hydrogen) atoms.